The number of nitrogens with zero attached hydrogens (tertiary/aromatic N) is 4. The summed E-state index contributed by atoms with van der Waals surface area (Å²) in [6.45, 7) is 4.21. The molecule has 0 saturated heterocycles. The van der Waals surface area contributed by atoms with Crippen LogP contribution in [-0.2, 0) is 0 Å². The van der Waals surface area contributed by atoms with Crippen molar-refractivity contribution in [1.82, 2.24) is 19.5 Å². The fourth-order valence-corrected chi connectivity index (χ4v) is 3.30. The molecule has 0 saturated carbocycles. The lowest BCUT2D eigenvalue weighted by Gasteiger charge is -2.07. The summed E-state index contributed by atoms with van der Waals surface area (Å²) in [5, 5.41) is 7.10. The van der Waals surface area contributed by atoms with Crippen molar-refractivity contribution in [1.29, 1.82) is 0 Å². The second-order valence-corrected chi connectivity index (χ2v) is 6.16. The SMILES string of the molecule is Cc1c(C)n(-c2ccccc2)c2ncnc(Nc3nccs3)c12. The van der Waals surface area contributed by atoms with Gasteiger partial charge in [-0.15, -0.1) is 11.3 Å². The molecular formula is C17H15N5S. The number of benzene rings is 1. The lowest BCUT2D eigenvalue weighted by atomic mass is 10.2. The maximum Gasteiger partial charge on any atom is 0.188 e. The molecule has 0 aliphatic heterocycles. The Hall–Kier alpha value is -2.73. The van der Waals surface area contributed by atoms with E-state index in [2.05, 4.69) is 50.8 Å². The Morgan fingerprint density at radius 2 is 1.87 bits per heavy atom. The average molecular weight is 321 g/mol. The Kier molecular flexibility index (Phi) is 3.31. The average Bonchev–Trinajstić information content (AvgIpc) is 3.17. The molecule has 0 fully saturated rings. The molecule has 4 aromatic rings. The molecule has 6 heteroatoms. The molecule has 0 atom stereocenters. The molecule has 114 valence electrons. The van der Waals surface area contributed by atoms with E-state index in [-0.39, 0.29) is 0 Å². The number of aromatic nitrogens is 4. The predicted molar refractivity (Wildman–Crippen MR) is 93.7 cm³/mol. The Morgan fingerprint density at radius 3 is 2.61 bits per heavy atom. The van der Waals surface area contributed by atoms with Gasteiger partial charge in [-0.25, -0.2) is 15.0 Å². The first kappa shape index (κ1) is 13.9. The van der Waals surface area contributed by atoms with E-state index in [0.717, 1.165) is 33.4 Å². The van der Waals surface area contributed by atoms with Gasteiger partial charge in [-0.2, -0.15) is 0 Å². The molecule has 23 heavy (non-hydrogen) atoms. The second-order valence-electron chi connectivity index (χ2n) is 5.26. The van der Waals surface area contributed by atoms with Crippen LogP contribution in [0, 0.1) is 13.8 Å². The van der Waals surface area contributed by atoms with Crippen LogP contribution >= 0.6 is 11.3 Å². The molecule has 3 aromatic heterocycles. The molecule has 0 radical (unpaired) electrons. The van der Waals surface area contributed by atoms with E-state index in [9.17, 15) is 0 Å². The first-order valence-electron chi connectivity index (χ1n) is 7.30. The standard InChI is InChI=1S/C17H15N5S/c1-11-12(2)22(13-6-4-3-5-7-13)16-14(11)15(19-10-20-16)21-17-18-8-9-23-17/h3-10H,1-2H3,(H,18,19,20,21). The monoisotopic (exact) mass is 321 g/mol. The van der Waals surface area contributed by atoms with Crippen molar-refractivity contribution in [2.24, 2.45) is 0 Å². The van der Waals surface area contributed by atoms with Crippen LogP contribution in [0.5, 0.6) is 0 Å². The van der Waals surface area contributed by atoms with Crippen LogP contribution in [0.1, 0.15) is 11.3 Å². The molecule has 0 aliphatic rings. The highest BCUT2D eigenvalue weighted by molar-refractivity contribution is 7.13. The summed E-state index contributed by atoms with van der Waals surface area (Å²) in [5.74, 6) is 0.792. The third-order valence-corrected chi connectivity index (χ3v) is 4.65. The van der Waals surface area contributed by atoms with Gasteiger partial charge in [0.05, 0.1) is 5.39 Å². The summed E-state index contributed by atoms with van der Waals surface area (Å²) in [5.41, 5.74) is 4.33. The van der Waals surface area contributed by atoms with Gasteiger partial charge in [0, 0.05) is 23.0 Å². The summed E-state index contributed by atoms with van der Waals surface area (Å²) in [7, 11) is 0. The lowest BCUT2D eigenvalue weighted by Crippen LogP contribution is -1.99. The number of rotatable bonds is 3. The Bertz CT molecular complexity index is 958. The fourth-order valence-electron chi connectivity index (χ4n) is 2.77. The summed E-state index contributed by atoms with van der Waals surface area (Å²) in [6, 6.07) is 10.3. The van der Waals surface area contributed by atoms with Gasteiger partial charge in [0.25, 0.3) is 0 Å². The van der Waals surface area contributed by atoms with Crippen LogP contribution in [0.3, 0.4) is 0 Å². The van der Waals surface area contributed by atoms with Gasteiger partial charge < -0.3 is 5.32 Å². The third-order valence-electron chi connectivity index (χ3n) is 3.96. The lowest BCUT2D eigenvalue weighted by molar-refractivity contribution is 1.01. The quantitative estimate of drug-likeness (QED) is 0.613. The number of nitrogens with one attached hydrogen (secondary N) is 1. The predicted octanol–water partition coefficient (Wildman–Crippen LogP) is 4.24. The van der Waals surface area contributed by atoms with Crippen LogP contribution in [0.25, 0.3) is 16.7 Å². The largest absolute Gasteiger partial charge is 0.316 e. The van der Waals surface area contributed by atoms with E-state index in [1.54, 1.807) is 23.9 Å². The zero-order chi connectivity index (χ0) is 15.8. The summed E-state index contributed by atoms with van der Waals surface area (Å²) >= 11 is 1.55. The molecule has 0 amide bonds. The fraction of sp³-hybridized carbons (Fsp3) is 0.118. The minimum atomic E-state index is 0.792. The van der Waals surface area contributed by atoms with Crippen molar-refractivity contribution in [2.45, 2.75) is 13.8 Å². The van der Waals surface area contributed by atoms with Gasteiger partial charge in [0.15, 0.2) is 10.8 Å². The first-order chi connectivity index (χ1) is 11.3. The van der Waals surface area contributed by atoms with Crippen molar-refractivity contribution in [3.63, 3.8) is 0 Å². The molecule has 0 spiro atoms. The smallest absolute Gasteiger partial charge is 0.188 e. The molecule has 1 aromatic carbocycles. The molecule has 0 unspecified atom stereocenters. The van der Waals surface area contributed by atoms with Crippen molar-refractivity contribution in [3.05, 3.63) is 59.5 Å². The minimum Gasteiger partial charge on any atom is -0.316 e. The van der Waals surface area contributed by atoms with Gasteiger partial charge in [-0.1, -0.05) is 18.2 Å². The number of hydrogen-bond acceptors (Lipinski definition) is 5. The minimum absolute atomic E-state index is 0.792. The number of para-hydroxylation sites is 1. The Morgan fingerprint density at radius 1 is 1.04 bits per heavy atom. The number of thiazole rings is 1. The van der Waals surface area contributed by atoms with Gasteiger partial charge in [-0.3, -0.25) is 4.57 Å². The zero-order valence-electron chi connectivity index (χ0n) is 12.8. The topological polar surface area (TPSA) is 55.6 Å². The Balaban J connectivity index is 1.95. The number of anilines is 2. The van der Waals surface area contributed by atoms with E-state index in [1.807, 2.05) is 23.6 Å². The summed E-state index contributed by atoms with van der Waals surface area (Å²) in [4.78, 5) is 13.2. The molecule has 1 N–H and O–H groups in total. The maximum absolute atomic E-state index is 4.52. The van der Waals surface area contributed by atoms with Crippen LogP contribution in [-0.4, -0.2) is 19.5 Å². The molecular weight excluding hydrogens is 306 g/mol. The molecule has 0 aliphatic carbocycles. The van der Waals surface area contributed by atoms with Crippen LogP contribution in [0.15, 0.2) is 48.2 Å². The number of aryl methyl sites for hydroxylation is 1. The van der Waals surface area contributed by atoms with Crippen molar-refractivity contribution in [2.75, 3.05) is 5.32 Å². The van der Waals surface area contributed by atoms with E-state index in [4.69, 9.17) is 0 Å². The van der Waals surface area contributed by atoms with Crippen molar-refractivity contribution in [3.8, 4) is 5.69 Å². The normalized spacial score (nSPS) is 11.0. The number of hydrogen-bond donors (Lipinski definition) is 1. The number of fused-ring (bicyclic) bond motifs is 1. The van der Waals surface area contributed by atoms with Gasteiger partial charge in [0.2, 0.25) is 0 Å². The van der Waals surface area contributed by atoms with Gasteiger partial charge >= 0.3 is 0 Å². The molecule has 5 nitrogen and oxygen atoms in total. The molecule has 0 bridgehead atoms. The van der Waals surface area contributed by atoms with E-state index in [1.165, 1.54) is 5.56 Å². The van der Waals surface area contributed by atoms with Crippen LogP contribution in [0.4, 0.5) is 10.9 Å². The third kappa shape index (κ3) is 2.27. The van der Waals surface area contributed by atoms with Gasteiger partial charge in [0.1, 0.15) is 12.1 Å². The van der Waals surface area contributed by atoms with Crippen molar-refractivity contribution >= 4 is 33.3 Å². The van der Waals surface area contributed by atoms with E-state index in [0.29, 0.717) is 0 Å². The second kappa shape index (κ2) is 5.48. The highest BCUT2D eigenvalue weighted by Gasteiger charge is 2.17. The summed E-state index contributed by atoms with van der Waals surface area (Å²) in [6.07, 6.45) is 3.37. The zero-order valence-corrected chi connectivity index (χ0v) is 13.6. The van der Waals surface area contributed by atoms with Crippen LogP contribution in [0.2, 0.25) is 0 Å². The Labute approximate surface area is 137 Å². The highest BCUT2D eigenvalue weighted by Crippen LogP contribution is 2.32. The molecule has 3 heterocycles. The molecule has 4 rings (SSSR count). The van der Waals surface area contributed by atoms with E-state index >= 15 is 0 Å². The highest BCUT2D eigenvalue weighted by atomic mass is 32.1. The van der Waals surface area contributed by atoms with E-state index < -0.39 is 0 Å². The summed E-state index contributed by atoms with van der Waals surface area (Å²) < 4.78 is 2.17. The maximum atomic E-state index is 4.52. The van der Waals surface area contributed by atoms with Crippen molar-refractivity contribution < 1.29 is 0 Å². The van der Waals surface area contributed by atoms with Gasteiger partial charge in [-0.05, 0) is 31.5 Å². The first-order valence-corrected chi connectivity index (χ1v) is 8.18. The van der Waals surface area contributed by atoms with Crippen LogP contribution < -0.4 is 5.32 Å².